The van der Waals surface area contributed by atoms with E-state index in [2.05, 4.69) is 0 Å². The first-order chi connectivity index (χ1) is 4.09. The Morgan fingerprint density at radius 1 is 1.56 bits per heavy atom. The molecular formula is C6H10N2O. The molecule has 0 spiro atoms. The van der Waals surface area contributed by atoms with Crippen molar-refractivity contribution in [2.24, 2.45) is 5.92 Å². The molecule has 0 unspecified atom stereocenters. The molecular weight excluding hydrogens is 116 g/mol. The first-order valence-corrected chi connectivity index (χ1v) is 2.72. The van der Waals surface area contributed by atoms with E-state index in [1.165, 1.54) is 0 Å². The predicted octanol–water partition coefficient (Wildman–Crippen LogP) is 0.881. The maximum Gasteiger partial charge on any atom is 0.184 e. The van der Waals surface area contributed by atoms with E-state index >= 15 is 0 Å². The Morgan fingerprint density at radius 2 is 2.00 bits per heavy atom. The van der Waals surface area contributed by atoms with Crippen LogP contribution in [0.3, 0.4) is 0 Å². The summed E-state index contributed by atoms with van der Waals surface area (Å²) in [5, 5.41) is 13.4. The van der Waals surface area contributed by atoms with Gasteiger partial charge in [-0.3, -0.25) is 10.2 Å². The zero-order valence-electron chi connectivity index (χ0n) is 5.56. The first kappa shape index (κ1) is 8.01. The van der Waals surface area contributed by atoms with Crippen molar-refractivity contribution in [3.8, 4) is 0 Å². The van der Waals surface area contributed by atoms with Crippen molar-refractivity contribution in [2.45, 2.75) is 13.8 Å². The number of nitrogens with one attached hydrogen (secondary N) is 2. The highest BCUT2D eigenvalue weighted by Crippen LogP contribution is 1.93. The van der Waals surface area contributed by atoms with Crippen LogP contribution in [0.4, 0.5) is 0 Å². The van der Waals surface area contributed by atoms with Gasteiger partial charge in [-0.15, -0.1) is 0 Å². The molecule has 0 rings (SSSR count). The lowest BCUT2D eigenvalue weighted by atomic mass is 10.1. The Balaban J connectivity index is 4.04. The monoisotopic (exact) mass is 126 g/mol. The summed E-state index contributed by atoms with van der Waals surface area (Å²) in [6.45, 7) is 3.42. The third-order valence-corrected chi connectivity index (χ3v) is 0.934. The summed E-state index contributed by atoms with van der Waals surface area (Å²) in [4.78, 5) is 10.7. The summed E-state index contributed by atoms with van der Waals surface area (Å²) in [5.41, 5.74) is -0.218. The second kappa shape index (κ2) is 3.12. The number of ketones is 1. The lowest BCUT2D eigenvalue weighted by Crippen LogP contribution is -2.19. The number of carbonyl (C=O) groups excluding carboxylic acids is 1. The van der Waals surface area contributed by atoms with E-state index in [-0.39, 0.29) is 17.4 Å². The van der Waals surface area contributed by atoms with Gasteiger partial charge in [-0.05, 0) is 0 Å². The molecule has 0 bridgehead atoms. The van der Waals surface area contributed by atoms with Crippen LogP contribution in [-0.4, -0.2) is 17.7 Å². The highest BCUT2D eigenvalue weighted by molar-refractivity contribution is 6.59. The van der Waals surface area contributed by atoms with Crippen LogP contribution in [0.25, 0.3) is 0 Å². The van der Waals surface area contributed by atoms with Crippen molar-refractivity contribution in [1.29, 1.82) is 10.8 Å². The van der Waals surface area contributed by atoms with Crippen LogP contribution < -0.4 is 0 Å². The molecule has 0 heterocycles. The van der Waals surface area contributed by atoms with Crippen LogP contribution in [0, 0.1) is 16.7 Å². The van der Waals surface area contributed by atoms with Crippen molar-refractivity contribution in [3.63, 3.8) is 0 Å². The van der Waals surface area contributed by atoms with Crippen molar-refractivity contribution >= 4 is 17.7 Å². The molecule has 0 aliphatic rings. The van der Waals surface area contributed by atoms with Gasteiger partial charge in [0.2, 0.25) is 0 Å². The van der Waals surface area contributed by atoms with Gasteiger partial charge in [-0.2, -0.15) is 0 Å². The number of hydrogen-bond donors (Lipinski definition) is 2. The molecule has 0 radical (unpaired) electrons. The van der Waals surface area contributed by atoms with E-state index in [9.17, 15) is 4.79 Å². The van der Waals surface area contributed by atoms with Crippen LogP contribution in [0.1, 0.15) is 13.8 Å². The molecule has 9 heavy (non-hydrogen) atoms. The first-order valence-electron chi connectivity index (χ1n) is 2.72. The lowest BCUT2D eigenvalue weighted by Gasteiger charge is -1.98. The van der Waals surface area contributed by atoms with Crippen molar-refractivity contribution in [1.82, 2.24) is 0 Å². The molecule has 0 aromatic heterocycles. The van der Waals surface area contributed by atoms with E-state index in [1.807, 2.05) is 0 Å². The minimum atomic E-state index is -0.273. The van der Waals surface area contributed by atoms with Gasteiger partial charge in [0, 0.05) is 12.1 Å². The summed E-state index contributed by atoms with van der Waals surface area (Å²) in [6, 6.07) is 0. The fourth-order valence-corrected chi connectivity index (χ4v) is 0.382. The van der Waals surface area contributed by atoms with E-state index < -0.39 is 0 Å². The maximum absolute atomic E-state index is 10.7. The SMILES string of the molecule is CC(C)C(=O)C(=N)C=N. The van der Waals surface area contributed by atoms with Crippen LogP contribution in [0.5, 0.6) is 0 Å². The minimum absolute atomic E-state index is 0.168. The van der Waals surface area contributed by atoms with E-state index in [0.29, 0.717) is 0 Å². The summed E-state index contributed by atoms with van der Waals surface area (Å²) in [5.74, 6) is -0.441. The number of hydrogen-bond acceptors (Lipinski definition) is 3. The molecule has 0 amide bonds. The third-order valence-electron chi connectivity index (χ3n) is 0.934. The smallest absolute Gasteiger partial charge is 0.184 e. The number of carbonyl (C=O) groups is 1. The molecule has 2 N–H and O–H groups in total. The van der Waals surface area contributed by atoms with Gasteiger partial charge in [-0.25, -0.2) is 0 Å². The Bertz CT molecular complexity index is 149. The zero-order valence-corrected chi connectivity index (χ0v) is 5.56. The summed E-state index contributed by atoms with van der Waals surface area (Å²) < 4.78 is 0. The minimum Gasteiger partial charge on any atom is -0.306 e. The topological polar surface area (TPSA) is 64.8 Å². The molecule has 0 aliphatic carbocycles. The number of Topliss-reactive ketones (excluding diaryl/α,β-unsaturated/α-hetero) is 1. The van der Waals surface area contributed by atoms with Gasteiger partial charge in [0.25, 0.3) is 0 Å². The molecule has 0 fully saturated rings. The molecule has 0 aromatic carbocycles. The molecule has 3 heteroatoms. The molecule has 50 valence electrons. The number of rotatable bonds is 3. The van der Waals surface area contributed by atoms with Gasteiger partial charge in [0.05, 0.1) is 0 Å². The highest BCUT2D eigenvalue weighted by atomic mass is 16.1. The quantitative estimate of drug-likeness (QED) is 0.541. The average molecular weight is 126 g/mol. The van der Waals surface area contributed by atoms with Gasteiger partial charge in [0.1, 0.15) is 5.71 Å². The zero-order chi connectivity index (χ0) is 7.44. The Hall–Kier alpha value is -0.990. The summed E-state index contributed by atoms with van der Waals surface area (Å²) >= 11 is 0. The lowest BCUT2D eigenvalue weighted by molar-refractivity contribution is -0.115. The molecule has 0 aliphatic heterocycles. The second-order valence-electron chi connectivity index (χ2n) is 2.08. The summed E-state index contributed by atoms with van der Waals surface area (Å²) in [6.07, 6.45) is 0.766. The molecule has 0 atom stereocenters. The second-order valence-corrected chi connectivity index (χ2v) is 2.08. The van der Waals surface area contributed by atoms with Crippen molar-refractivity contribution in [2.75, 3.05) is 0 Å². The Labute approximate surface area is 54.1 Å². The van der Waals surface area contributed by atoms with Crippen molar-refractivity contribution < 1.29 is 4.79 Å². The van der Waals surface area contributed by atoms with Crippen LogP contribution in [0.15, 0.2) is 0 Å². The fraction of sp³-hybridized carbons (Fsp3) is 0.500. The Kier molecular flexibility index (Phi) is 2.78. The van der Waals surface area contributed by atoms with E-state index in [4.69, 9.17) is 10.8 Å². The molecule has 0 saturated heterocycles. The predicted molar refractivity (Wildman–Crippen MR) is 36.4 cm³/mol. The molecule has 3 nitrogen and oxygen atoms in total. The maximum atomic E-state index is 10.7. The average Bonchev–Trinajstić information content (AvgIpc) is 1.84. The van der Waals surface area contributed by atoms with Gasteiger partial charge >= 0.3 is 0 Å². The largest absolute Gasteiger partial charge is 0.306 e. The van der Waals surface area contributed by atoms with Crippen molar-refractivity contribution in [3.05, 3.63) is 0 Å². The van der Waals surface area contributed by atoms with Gasteiger partial charge in [-0.1, -0.05) is 13.8 Å². The Morgan fingerprint density at radius 3 is 2.11 bits per heavy atom. The van der Waals surface area contributed by atoms with Crippen LogP contribution in [-0.2, 0) is 4.79 Å². The highest BCUT2D eigenvalue weighted by Gasteiger charge is 2.09. The van der Waals surface area contributed by atoms with Crippen LogP contribution >= 0.6 is 0 Å². The molecule has 0 saturated carbocycles. The third kappa shape index (κ3) is 2.17. The summed E-state index contributed by atoms with van der Waals surface area (Å²) in [7, 11) is 0. The van der Waals surface area contributed by atoms with E-state index in [1.54, 1.807) is 13.8 Å². The van der Waals surface area contributed by atoms with Gasteiger partial charge < -0.3 is 5.41 Å². The van der Waals surface area contributed by atoms with Crippen LogP contribution in [0.2, 0.25) is 0 Å². The van der Waals surface area contributed by atoms with Gasteiger partial charge in [0.15, 0.2) is 5.78 Å². The normalized spacial score (nSPS) is 9.22. The standard InChI is InChI=1S/C6H10N2O/c1-4(2)6(9)5(8)3-7/h3-4,7-8H,1-2H3. The molecule has 0 aromatic rings. The van der Waals surface area contributed by atoms with E-state index in [0.717, 1.165) is 6.21 Å². The fourth-order valence-electron chi connectivity index (χ4n) is 0.382.